The number of carboxylic acids is 1. The second kappa shape index (κ2) is 6.32. The van der Waals surface area contributed by atoms with Crippen molar-refractivity contribution in [1.82, 2.24) is 4.98 Å². The van der Waals surface area contributed by atoms with Gasteiger partial charge in [0.1, 0.15) is 5.75 Å². The molecule has 0 aliphatic heterocycles. The fourth-order valence-electron chi connectivity index (χ4n) is 2.69. The molecular weight excluding hydrogens is 302 g/mol. The van der Waals surface area contributed by atoms with Crippen molar-refractivity contribution in [1.29, 1.82) is 0 Å². The van der Waals surface area contributed by atoms with Crippen molar-refractivity contribution >= 4 is 16.9 Å². The van der Waals surface area contributed by atoms with Crippen molar-refractivity contribution in [3.05, 3.63) is 59.7 Å². The van der Waals surface area contributed by atoms with Gasteiger partial charge in [0.15, 0.2) is 0 Å². The Balaban J connectivity index is 2.20. The van der Waals surface area contributed by atoms with E-state index in [1.807, 2.05) is 42.5 Å². The first kappa shape index (κ1) is 16.0. The molecule has 24 heavy (non-hydrogen) atoms. The van der Waals surface area contributed by atoms with Gasteiger partial charge in [0.2, 0.25) is 0 Å². The smallest absolute Gasteiger partial charge is 0.336 e. The van der Waals surface area contributed by atoms with Crippen LogP contribution in [-0.4, -0.2) is 23.2 Å². The first-order valence-corrected chi connectivity index (χ1v) is 7.82. The highest BCUT2D eigenvalue weighted by atomic mass is 16.5. The van der Waals surface area contributed by atoms with Crippen LogP contribution in [-0.2, 0) is 0 Å². The third-order valence-electron chi connectivity index (χ3n) is 4.12. The molecule has 0 saturated carbocycles. The Morgan fingerprint density at radius 3 is 2.38 bits per heavy atom. The van der Waals surface area contributed by atoms with E-state index in [1.165, 1.54) is 0 Å². The van der Waals surface area contributed by atoms with Crippen molar-refractivity contribution in [2.75, 3.05) is 7.11 Å². The van der Waals surface area contributed by atoms with E-state index in [0.29, 0.717) is 22.5 Å². The molecule has 0 saturated heterocycles. The van der Waals surface area contributed by atoms with Gasteiger partial charge in [-0.1, -0.05) is 19.9 Å². The number of aromatic nitrogens is 1. The van der Waals surface area contributed by atoms with Crippen LogP contribution < -0.4 is 4.74 Å². The Hall–Kier alpha value is -2.88. The summed E-state index contributed by atoms with van der Waals surface area (Å²) >= 11 is 0. The zero-order chi connectivity index (χ0) is 17.3. The van der Waals surface area contributed by atoms with Gasteiger partial charge in [0.25, 0.3) is 0 Å². The molecule has 0 spiro atoms. The average Bonchev–Trinajstić information content (AvgIpc) is 2.60. The molecule has 4 heteroatoms. The summed E-state index contributed by atoms with van der Waals surface area (Å²) in [6, 6.07) is 14.9. The maximum atomic E-state index is 11.7. The number of aromatic carboxylic acids is 1. The van der Waals surface area contributed by atoms with Crippen LogP contribution in [0.3, 0.4) is 0 Å². The van der Waals surface area contributed by atoms with Crippen molar-refractivity contribution in [3.8, 4) is 17.0 Å². The Kier molecular flexibility index (Phi) is 4.21. The minimum atomic E-state index is -0.946. The fourth-order valence-corrected chi connectivity index (χ4v) is 2.69. The monoisotopic (exact) mass is 321 g/mol. The van der Waals surface area contributed by atoms with Crippen LogP contribution in [0, 0.1) is 0 Å². The number of methoxy groups -OCH3 is 1. The Morgan fingerprint density at radius 1 is 1.08 bits per heavy atom. The van der Waals surface area contributed by atoms with Gasteiger partial charge in [0.05, 0.1) is 23.9 Å². The number of nitrogens with zero attached hydrogens (tertiary/aromatic N) is 1. The quantitative estimate of drug-likeness (QED) is 0.754. The van der Waals surface area contributed by atoms with E-state index in [9.17, 15) is 9.90 Å². The van der Waals surface area contributed by atoms with Crippen molar-refractivity contribution in [2.45, 2.75) is 19.8 Å². The van der Waals surface area contributed by atoms with Gasteiger partial charge < -0.3 is 9.84 Å². The molecule has 3 aromatic rings. The highest BCUT2D eigenvalue weighted by Gasteiger charge is 2.14. The lowest BCUT2D eigenvalue weighted by molar-refractivity contribution is 0.0699. The number of ether oxygens (including phenoxy) is 1. The van der Waals surface area contributed by atoms with E-state index in [-0.39, 0.29) is 5.56 Å². The SMILES string of the molecule is COc1ccc(-c2cc(C(=O)O)c3cc(C(C)C)ccc3n2)cc1. The molecule has 122 valence electrons. The van der Waals surface area contributed by atoms with E-state index in [1.54, 1.807) is 13.2 Å². The maximum absolute atomic E-state index is 11.7. The predicted octanol–water partition coefficient (Wildman–Crippen LogP) is 4.73. The van der Waals surface area contributed by atoms with Gasteiger partial charge in [-0.2, -0.15) is 0 Å². The summed E-state index contributed by atoms with van der Waals surface area (Å²) in [5.41, 5.74) is 3.55. The molecule has 1 heterocycles. The molecule has 1 N–H and O–H groups in total. The van der Waals surface area contributed by atoms with Gasteiger partial charge >= 0.3 is 5.97 Å². The molecule has 0 radical (unpaired) electrons. The molecule has 0 amide bonds. The molecular formula is C20H19NO3. The molecule has 0 atom stereocenters. The number of hydrogen-bond donors (Lipinski definition) is 1. The van der Waals surface area contributed by atoms with E-state index in [2.05, 4.69) is 18.8 Å². The topological polar surface area (TPSA) is 59.4 Å². The summed E-state index contributed by atoms with van der Waals surface area (Å²) in [5, 5.41) is 10.3. The van der Waals surface area contributed by atoms with Crippen LogP contribution >= 0.6 is 0 Å². The molecule has 0 unspecified atom stereocenters. The molecule has 3 rings (SSSR count). The largest absolute Gasteiger partial charge is 0.497 e. The number of carbonyl (C=O) groups is 1. The summed E-state index contributed by atoms with van der Waals surface area (Å²) in [7, 11) is 1.61. The first-order chi connectivity index (χ1) is 11.5. The van der Waals surface area contributed by atoms with E-state index >= 15 is 0 Å². The lowest BCUT2D eigenvalue weighted by atomic mass is 9.97. The van der Waals surface area contributed by atoms with Gasteiger partial charge in [-0.25, -0.2) is 9.78 Å². The van der Waals surface area contributed by atoms with E-state index < -0.39 is 5.97 Å². The molecule has 4 nitrogen and oxygen atoms in total. The first-order valence-electron chi connectivity index (χ1n) is 7.82. The zero-order valence-electron chi connectivity index (χ0n) is 13.9. The second-order valence-corrected chi connectivity index (χ2v) is 6.02. The average molecular weight is 321 g/mol. The number of benzene rings is 2. The Labute approximate surface area is 140 Å². The summed E-state index contributed by atoms with van der Waals surface area (Å²) < 4.78 is 5.16. The Bertz CT molecular complexity index is 899. The molecule has 1 aromatic heterocycles. The number of rotatable bonds is 4. The molecule has 0 bridgehead atoms. The van der Waals surface area contributed by atoms with Gasteiger partial charge in [-0.05, 0) is 53.9 Å². The highest BCUT2D eigenvalue weighted by molar-refractivity contribution is 6.04. The minimum absolute atomic E-state index is 0.272. The van der Waals surface area contributed by atoms with Crippen molar-refractivity contribution in [2.24, 2.45) is 0 Å². The lowest BCUT2D eigenvalue weighted by Crippen LogP contribution is -2.01. The Morgan fingerprint density at radius 2 is 1.79 bits per heavy atom. The zero-order valence-corrected chi connectivity index (χ0v) is 13.9. The molecule has 0 aliphatic rings. The third-order valence-corrected chi connectivity index (χ3v) is 4.12. The molecule has 2 aromatic carbocycles. The van der Waals surface area contributed by atoms with Crippen molar-refractivity contribution in [3.63, 3.8) is 0 Å². The lowest BCUT2D eigenvalue weighted by Gasteiger charge is -2.11. The maximum Gasteiger partial charge on any atom is 0.336 e. The summed E-state index contributed by atoms with van der Waals surface area (Å²) in [4.78, 5) is 16.4. The van der Waals surface area contributed by atoms with E-state index in [4.69, 9.17) is 4.74 Å². The van der Waals surface area contributed by atoms with Crippen LogP contribution in [0.25, 0.3) is 22.2 Å². The highest BCUT2D eigenvalue weighted by Crippen LogP contribution is 2.28. The van der Waals surface area contributed by atoms with Gasteiger partial charge in [-0.3, -0.25) is 0 Å². The van der Waals surface area contributed by atoms with Crippen LogP contribution in [0.2, 0.25) is 0 Å². The van der Waals surface area contributed by atoms with Gasteiger partial charge in [0, 0.05) is 10.9 Å². The number of fused-ring (bicyclic) bond motifs is 1. The summed E-state index contributed by atoms with van der Waals surface area (Å²) in [5.74, 6) is 0.134. The number of hydrogen-bond acceptors (Lipinski definition) is 3. The second-order valence-electron chi connectivity index (χ2n) is 6.02. The number of carboxylic acid groups (broad SMARTS) is 1. The van der Waals surface area contributed by atoms with E-state index in [0.717, 1.165) is 16.9 Å². The predicted molar refractivity (Wildman–Crippen MR) is 94.8 cm³/mol. The van der Waals surface area contributed by atoms with Crippen molar-refractivity contribution < 1.29 is 14.6 Å². The van der Waals surface area contributed by atoms with Crippen LogP contribution in [0.4, 0.5) is 0 Å². The van der Waals surface area contributed by atoms with Gasteiger partial charge in [-0.15, -0.1) is 0 Å². The standard InChI is InChI=1S/C20H19NO3/c1-12(2)14-6-9-18-16(10-14)17(20(22)23)11-19(21-18)13-4-7-15(24-3)8-5-13/h4-12H,1-3H3,(H,22,23). The number of pyridine rings is 1. The molecule has 0 fully saturated rings. The molecule has 0 aliphatic carbocycles. The normalized spacial score (nSPS) is 11.0. The fraction of sp³-hybridized carbons (Fsp3) is 0.200. The van der Waals surface area contributed by atoms with Crippen LogP contribution in [0.1, 0.15) is 35.7 Å². The van der Waals surface area contributed by atoms with Crippen LogP contribution in [0.5, 0.6) is 5.75 Å². The third kappa shape index (κ3) is 2.95. The summed E-state index contributed by atoms with van der Waals surface area (Å²) in [6.07, 6.45) is 0. The summed E-state index contributed by atoms with van der Waals surface area (Å²) in [6.45, 7) is 4.17. The van der Waals surface area contributed by atoms with Crippen LogP contribution in [0.15, 0.2) is 48.5 Å². The minimum Gasteiger partial charge on any atom is -0.497 e.